The van der Waals surface area contributed by atoms with Crippen LogP contribution in [0.25, 0.3) is 0 Å². The second-order valence-corrected chi connectivity index (χ2v) is 4.79. The van der Waals surface area contributed by atoms with Gasteiger partial charge in [-0.15, -0.1) is 5.10 Å². The van der Waals surface area contributed by atoms with Gasteiger partial charge in [0.1, 0.15) is 16.7 Å². The second-order valence-electron chi connectivity index (χ2n) is 4.40. The van der Waals surface area contributed by atoms with Gasteiger partial charge >= 0.3 is 0 Å². The Morgan fingerprint density at radius 1 is 1.44 bits per heavy atom. The molecule has 0 saturated carbocycles. The molecule has 0 radical (unpaired) electrons. The van der Waals surface area contributed by atoms with E-state index in [2.05, 4.69) is 15.3 Å². The van der Waals surface area contributed by atoms with Gasteiger partial charge in [-0.3, -0.25) is 14.0 Å². The molecule has 0 spiro atoms. The van der Waals surface area contributed by atoms with E-state index in [1.54, 1.807) is 22.5 Å². The first-order valence-corrected chi connectivity index (χ1v) is 5.97. The normalized spacial score (nSPS) is 11.2. The highest BCUT2D eigenvalue weighted by molar-refractivity contribution is 6.29. The quantitative estimate of drug-likeness (QED) is 0.784. The third-order valence-electron chi connectivity index (χ3n) is 2.49. The number of rotatable bonds is 3. The number of hydrogen-bond acceptors (Lipinski definition) is 4. The van der Waals surface area contributed by atoms with E-state index >= 15 is 0 Å². The fourth-order valence-corrected chi connectivity index (χ4v) is 1.90. The molecule has 0 amide bonds. The van der Waals surface area contributed by atoms with Crippen molar-refractivity contribution in [3.8, 4) is 0 Å². The maximum atomic E-state index is 12.0. The summed E-state index contributed by atoms with van der Waals surface area (Å²) in [6.07, 6.45) is 1.77. The summed E-state index contributed by atoms with van der Waals surface area (Å²) in [5.41, 5.74) is 0.537. The molecule has 6 nitrogen and oxygen atoms in total. The van der Waals surface area contributed by atoms with Crippen molar-refractivity contribution in [3.63, 3.8) is 0 Å². The van der Waals surface area contributed by atoms with Gasteiger partial charge in [0.25, 0.3) is 5.56 Å². The Balaban J connectivity index is 2.46. The molecule has 0 aliphatic rings. The molecule has 0 bridgehead atoms. The van der Waals surface area contributed by atoms with E-state index in [9.17, 15) is 4.79 Å². The monoisotopic (exact) mass is 267 g/mol. The van der Waals surface area contributed by atoms with Gasteiger partial charge in [-0.25, -0.2) is 4.98 Å². The molecule has 0 aliphatic heterocycles. The molecule has 96 valence electrons. The van der Waals surface area contributed by atoms with Crippen LogP contribution in [0.2, 0.25) is 5.15 Å². The van der Waals surface area contributed by atoms with Crippen LogP contribution in [-0.2, 0) is 13.6 Å². The Kier molecular flexibility index (Phi) is 3.47. The molecule has 0 aliphatic carbocycles. The van der Waals surface area contributed by atoms with Gasteiger partial charge in [0, 0.05) is 25.2 Å². The van der Waals surface area contributed by atoms with Crippen LogP contribution in [0.3, 0.4) is 0 Å². The average molecular weight is 268 g/mol. The van der Waals surface area contributed by atoms with Crippen LogP contribution in [0.15, 0.2) is 17.1 Å². The molecule has 0 atom stereocenters. The molecule has 0 saturated heterocycles. The van der Waals surface area contributed by atoms with Gasteiger partial charge in [-0.1, -0.05) is 30.7 Å². The minimum atomic E-state index is -0.177. The van der Waals surface area contributed by atoms with Crippen LogP contribution in [0.5, 0.6) is 0 Å². The average Bonchev–Trinajstić information content (AvgIpc) is 2.67. The van der Waals surface area contributed by atoms with Crippen molar-refractivity contribution in [1.29, 1.82) is 0 Å². The summed E-state index contributed by atoms with van der Waals surface area (Å²) in [5, 5.41) is 8.03. The first kappa shape index (κ1) is 12.8. The Hall–Kier alpha value is -1.69. The van der Waals surface area contributed by atoms with Crippen molar-refractivity contribution in [1.82, 2.24) is 24.5 Å². The Bertz CT molecular complexity index is 616. The molecule has 18 heavy (non-hydrogen) atoms. The van der Waals surface area contributed by atoms with Gasteiger partial charge < -0.3 is 0 Å². The molecule has 2 rings (SSSR count). The second kappa shape index (κ2) is 4.89. The van der Waals surface area contributed by atoms with Crippen molar-refractivity contribution in [3.05, 3.63) is 39.3 Å². The summed E-state index contributed by atoms with van der Waals surface area (Å²) in [7, 11) is 1.78. The molecule has 0 N–H and O–H groups in total. The third kappa shape index (κ3) is 2.59. The maximum absolute atomic E-state index is 12.0. The summed E-state index contributed by atoms with van der Waals surface area (Å²) in [4.78, 5) is 16.2. The topological polar surface area (TPSA) is 65.6 Å². The van der Waals surface area contributed by atoms with Crippen molar-refractivity contribution in [2.45, 2.75) is 26.3 Å². The maximum Gasteiger partial charge on any atom is 0.255 e. The number of nitrogens with zero attached hydrogens (tertiary/aromatic N) is 5. The van der Waals surface area contributed by atoms with Crippen LogP contribution >= 0.6 is 11.6 Å². The highest BCUT2D eigenvalue weighted by Gasteiger charge is 2.13. The molecular formula is C11H14ClN5O. The summed E-state index contributed by atoms with van der Waals surface area (Å²) >= 11 is 5.82. The van der Waals surface area contributed by atoms with E-state index in [0.717, 1.165) is 0 Å². The van der Waals surface area contributed by atoms with Crippen LogP contribution in [-0.4, -0.2) is 24.5 Å². The van der Waals surface area contributed by atoms with Crippen molar-refractivity contribution in [2.75, 3.05) is 0 Å². The first-order chi connectivity index (χ1) is 8.47. The van der Waals surface area contributed by atoms with Crippen molar-refractivity contribution < 1.29 is 0 Å². The summed E-state index contributed by atoms with van der Waals surface area (Å²) in [6, 6.07) is 1.31. The standard InChI is InChI=1S/C11H14ClN5O/c1-7(2)11-13-9(12)4-10(18)17(11)6-8-5-16(3)15-14-8/h4-5,7H,6H2,1-3H3. The van der Waals surface area contributed by atoms with E-state index in [-0.39, 0.29) is 16.6 Å². The Morgan fingerprint density at radius 2 is 2.17 bits per heavy atom. The van der Waals surface area contributed by atoms with Gasteiger partial charge in [0.05, 0.1) is 6.54 Å². The van der Waals surface area contributed by atoms with E-state index in [1.807, 2.05) is 13.8 Å². The largest absolute Gasteiger partial charge is 0.290 e. The zero-order chi connectivity index (χ0) is 13.3. The minimum absolute atomic E-state index is 0.105. The van der Waals surface area contributed by atoms with Gasteiger partial charge in [-0.05, 0) is 0 Å². The smallest absolute Gasteiger partial charge is 0.255 e. The number of hydrogen-bond donors (Lipinski definition) is 0. The summed E-state index contributed by atoms with van der Waals surface area (Å²) in [6.45, 7) is 4.28. The molecule has 0 unspecified atom stereocenters. The molecule has 2 aromatic rings. The zero-order valence-electron chi connectivity index (χ0n) is 10.5. The first-order valence-electron chi connectivity index (χ1n) is 5.60. The SMILES string of the molecule is CC(C)c1nc(Cl)cc(=O)n1Cc1cn(C)nn1. The zero-order valence-corrected chi connectivity index (χ0v) is 11.2. The lowest BCUT2D eigenvalue weighted by atomic mass is 10.2. The van der Waals surface area contributed by atoms with E-state index in [0.29, 0.717) is 18.1 Å². The predicted octanol–water partition coefficient (Wildman–Crippen LogP) is 1.20. The lowest BCUT2D eigenvalue weighted by Gasteiger charge is -2.13. The molecular weight excluding hydrogens is 254 g/mol. The fraction of sp³-hybridized carbons (Fsp3) is 0.455. The fourth-order valence-electron chi connectivity index (χ4n) is 1.72. The summed E-state index contributed by atoms with van der Waals surface area (Å²) in [5.74, 6) is 0.756. The lowest BCUT2D eigenvalue weighted by Crippen LogP contribution is -2.26. The van der Waals surface area contributed by atoms with Crippen LogP contribution in [0.1, 0.15) is 31.3 Å². The molecule has 7 heteroatoms. The highest BCUT2D eigenvalue weighted by Crippen LogP contribution is 2.13. The number of halogens is 1. The number of aromatic nitrogens is 5. The highest BCUT2D eigenvalue weighted by atomic mass is 35.5. The third-order valence-corrected chi connectivity index (χ3v) is 2.69. The minimum Gasteiger partial charge on any atom is -0.290 e. The van der Waals surface area contributed by atoms with E-state index < -0.39 is 0 Å². The number of aryl methyl sites for hydroxylation is 1. The molecule has 2 aromatic heterocycles. The van der Waals surface area contributed by atoms with Gasteiger partial charge in [-0.2, -0.15) is 0 Å². The summed E-state index contributed by atoms with van der Waals surface area (Å²) < 4.78 is 3.17. The molecule has 0 aromatic carbocycles. The van der Waals surface area contributed by atoms with E-state index in [1.165, 1.54) is 6.07 Å². The van der Waals surface area contributed by atoms with Crippen molar-refractivity contribution in [2.24, 2.45) is 7.05 Å². The molecule has 2 heterocycles. The van der Waals surface area contributed by atoms with Crippen molar-refractivity contribution >= 4 is 11.6 Å². The van der Waals surface area contributed by atoms with E-state index in [4.69, 9.17) is 11.6 Å². The molecule has 0 fully saturated rings. The predicted molar refractivity (Wildman–Crippen MR) is 67.7 cm³/mol. The van der Waals surface area contributed by atoms with Crippen LogP contribution in [0, 0.1) is 0 Å². The lowest BCUT2D eigenvalue weighted by molar-refractivity contribution is 0.616. The van der Waals surface area contributed by atoms with Crippen LogP contribution in [0.4, 0.5) is 0 Å². The Morgan fingerprint density at radius 3 is 2.72 bits per heavy atom. The van der Waals surface area contributed by atoms with Crippen LogP contribution < -0.4 is 5.56 Å². The van der Waals surface area contributed by atoms with Gasteiger partial charge in [0.2, 0.25) is 0 Å². The van der Waals surface area contributed by atoms with Gasteiger partial charge in [0.15, 0.2) is 0 Å². The Labute approximate surface area is 109 Å².